The molecule has 0 bridgehead atoms. The molecule has 84 valence electrons. The summed E-state index contributed by atoms with van der Waals surface area (Å²) in [6, 6.07) is 10.4. The molecule has 0 aromatic heterocycles. The van der Waals surface area contributed by atoms with Gasteiger partial charge in [-0.25, -0.2) is 0 Å². The highest BCUT2D eigenvalue weighted by Crippen LogP contribution is 2.04. The number of hydrogen-bond acceptors (Lipinski definition) is 2. The van der Waals surface area contributed by atoms with E-state index in [1.807, 2.05) is 37.4 Å². The molecule has 2 atom stereocenters. The molecule has 0 spiro atoms. The van der Waals surface area contributed by atoms with Crippen molar-refractivity contribution in [1.82, 2.24) is 5.32 Å². The van der Waals surface area contributed by atoms with Crippen molar-refractivity contribution in [3.8, 4) is 0 Å². The van der Waals surface area contributed by atoms with Gasteiger partial charge in [-0.2, -0.15) is 0 Å². The van der Waals surface area contributed by atoms with E-state index in [1.54, 1.807) is 0 Å². The van der Waals surface area contributed by atoms with Crippen molar-refractivity contribution in [1.29, 1.82) is 0 Å². The Hall–Kier alpha value is -0.670. The van der Waals surface area contributed by atoms with Crippen LogP contribution in [0.2, 0.25) is 0 Å². The van der Waals surface area contributed by atoms with Crippen LogP contribution in [0.25, 0.3) is 0 Å². The molecule has 0 amide bonds. The Morgan fingerprint density at radius 2 is 2.00 bits per heavy atom. The van der Waals surface area contributed by atoms with Gasteiger partial charge >= 0.3 is 0 Å². The molecule has 1 N–H and O–H groups in total. The smallest absolute Gasteiger partial charge is 0.0486 e. The van der Waals surface area contributed by atoms with Gasteiger partial charge in [0.15, 0.2) is 0 Å². The van der Waals surface area contributed by atoms with Crippen LogP contribution in [-0.2, 0) is 16.6 Å². The van der Waals surface area contributed by atoms with Crippen molar-refractivity contribution in [3.05, 3.63) is 35.9 Å². The molecule has 0 saturated carbocycles. The zero-order valence-corrected chi connectivity index (χ0v) is 10.2. The van der Waals surface area contributed by atoms with E-state index in [1.165, 1.54) is 0 Å². The lowest BCUT2D eigenvalue weighted by atomic mass is 10.2. The monoisotopic (exact) mass is 225 g/mol. The van der Waals surface area contributed by atoms with Crippen LogP contribution < -0.4 is 5.32 Å². The summed E-state index contributed by atoms with van der Waals surface area (Å²) in [5, 5.41) is 3.18. The molecule has 2 unspecified atom stereocenters. The number of benzene rings is 1. The van der Waals surface area contributed by atoms with Crippen molar-refractivity contribution in [2.24, 2.45) is 0 Å². The van der Waals surface area contributed by atoms with Crippen LogP contribution in [0.4, 0.5) is 0 Å². The van der Waals surface area contributed by atoms with Gasteiger partial charge in [0.1, 0.15) is 0 Å². The van der Waals surface area contributed by atoms with E-state index >= 15 is 0 Å². The quantitative estimate of drug-likeness (QED) is 0.801. The van der Waals surface area contributed by atoms with Crippen LogP contribution in [0.5, 0.6) is 0 Å². The molecule has 0 saturated heterocycles. The van der Waals surface area contributed by atoms with E-state index in [9.17, 15) is 4.21 Å². The average molecular weight is 225 g/mol. The largest absolute Gasteiger partial charge is 0.316 e. The Balaban J connectivity index is 2.43. The Morgan fingerprint density at radius 1 is 1.33 bits per heavy atom. The zero-order valence-electron chi connectivity index (χ0n) is 9.40. The highest BCUT2D eigenvalue weighted by atomic mass is 32.2. The minimum atomic E-state index is -0.763. The van der Waals surface area contributed by atoms with Gasteiger partial charge in [-0.05, 0) is 19.0 Å². The van der Waals surface area contributed by atoms with Gasteiger partial charge in [0, 0.05) is 28.3 Å². The maximum Gasteiger partial charge on any atom is 0.0486 e. The first-order valence-corrected chi connectivity index (χ1v) is 6.81. The molecule has 0 aliphatic heterocycles. The van der Waals surface area contributed by atoms with E-state index in [0.717, 1.165) is 17.7 Å². The minimum Gasteiger partial charge on any atom is -0.316 e. The van der Waals surface area contributed by atoms with Gasteiger partial charge < -0.3 is 5.32 Å². The Bertz CT molecular complexity index is 296. The molecule has 0 heterocycles. The van der Waals surface area contributed by atoms with Gasteiger partial charge in [-0.3, -0.25) is 4.21 Å². The van der Waals surface area contributed by atoms with E-state index < -0.39 is 10.8 Å². The summed E-state index contributed by atoms with van der Waals surface area (Å²) in [5.74, 6) is 1.40. The van der Waals surface area contributed by atoms with Gasteiger partial charge in [0.25, 0.3) is 0 Å². The maximum absolute atomic E-state index is 11.8. The molecule has 0 aliphatic carbocycles. The van der Waals surface area contributed by atoms with Crippen LogP contribution in [0.1, 0.15) is 18.9 Å². The lowest BCUT2D eigenvalue weighted by Crippen LogP contribution is -2.30. The summed E-state index contributed by atoms with van der Waals surface area (Å²) >= 11 is 0. The van der Waals surface area contributed by atoms with Gasteiger partial charge in [0.05, 0.1) is 0 Å². The van der Waals surface area contributed by atoms with Crippen molar-refractivity contribution in [2.75, 3.05) is 12.8 Å². The third kappa shape index (κ3) is 4.58. The summed E-state index contributed by atoms with van der Waals surface area (Å²) in [4.78, 5) is 0. The first-order chi connectivity index (χ1) is 7.26. The Kier molecular flexibility index (Phi) is 5.58. The average Bonchev–Trinajstić information content (AvgIpc) is 2.27. The predicted molar refractivity (Wildman–Crippen MR) is 66.3 cm³/mol. The second-order valence-corrected chi connectivity index (χ2v) is 5.13. The van der Waals surface area contributed by atoms with E-state index in [0.29, 0.717) is 11.8 Å². The second-order valence-electron chi connectivity index (χ2n) is 3.63. The summed E-state index contributed by atoms with van der Waals surface area (Å²) in [6.07, 6.45) is 1.02. The molecule has 0 fully saturated rings. The van der Waals surface area contributed by atoms with Crippen LogP contribution >= 0.6 is 0 Å². The third-order valence-corrected chi connectivity index (χ3v) is 3.89. The fraction of sp³-hybridized carbons (Fsp3) is 0.500. The lowest BCUT2D eigenvalue weighted by Gasteiger charge is -2.12. The summed E-state index contributed by atoms with van der Waals surface area (Å²) < 4.78 is 11.8. The third-order valence-electron chi connectivity index (χ3n) is 2.46. The Morgan fingerprint density at radius 3 is 2.53 bits per heavy atom. The van der Waals surface area contributed by atoms with Crippen LogP contribution in [0.15, 0.2) is 30.3 Å². The number of hydrogen-bond donors (Lipinski definition) is 1. The fourth-order valence-corrected chi connectivity index (χ4v) is 2.98. The standard InChI is InChI=1S/C12H19NOS/c1-3-12(13-2)10-15(14)9-11-7-5-4-6-8-11/h4-8,12-13H,3,9-10H2,1-2H3. The maximum atomic E-state index is 11.8. The minimum absolute atomic E-state index is 0.370. The molecule has 1 aromatic carbocycles. The Labute approximate surface area is 94.5 Å². The normalized spacial score (nSPS) is 14.8. The summed E-state index contributed by atoms with van der Waals surface area (Å²) in [5.41, 5.74) is 1.15. The molecular weight excluding hydrogens is 206 g/mol. The highest BCUT2D eigenvalue weighted by Gasteiger charge is 2.08. The van der Waals surface area contributed by atoms with E-state index in [4.69, 9.17) is 0 Å². The van der Waals surface area contributed by atoms with Crippen LogP contribution in [-0.4, -0.2) is 23.1 Å². The topological polar surface area (TPSA) is 29.1 Å². The van der Waals surface area contributed by atoms with Gasteiger partial charge in [-0.15, -0.1) is 0 Å². The molecule has 0 aliphatic rings. The van der Waals surface area contributed by atoms with Crippen molar-refractivity contribution >= 4 is 10.8 Å². The molecule has 3 heteroatoms. The molecule has 15 heavy (non-hydrogen) atoms. The lowest BCUT2D eigenvalue weighted by molar-refractivity contribution is 0.590. The van der Waals surface area contributed by atoms with E-state index in [-0.39, 0.29) is 0 Å². The van der Waals surface area contributed by atoms with Crippen LogP contribution in [0, 0.1) is 0 Å². The second kappa shape index (κ2) is 6.75. The van der Waals surface area contributed by atoms with Gasteiger partial charge in [0.2, 0.25) is 0 Å². The number of nitrogens with one attached hydrogen (secondary N) is 1. The molecule has 1 aromatic rings. The predicted octanol–water partition coefficient (Wildman–Crippen LogP) is 1.93. The first kappa shape index (κ1) is 12.4. The van der Waals surface area contributed by atoms with Crippen molar-refractivity contribution in [2.45, 2.75) is 25.1 Å². The van der Waals surface area contributed by atoms with Gasteiger partial charge in [-0.1, -0.05) is 37.3 Å². The zero-order chi connectivity index (χ0) is 11.1. The number of rotatable bonds is 6. The fourth-order valence-electron chi connectivity index (χ4n) is 1.45. The van der Waals surface area contributed by atoms with Crippen LogP contribution in [0.3, 0.4) is 0 Å². The van der Waals surface area contributed by atoms with E-state index in [2.05, 4.69) is 12.2 Å². The molecular formula is C12H19NOS. The van der Waals surface area contributed by atoms with Crippen molar-refractivity contribution < 1.29 is 4.21 Å². The van der Waals surface area contributed by atoms with Crippen molar-refractivity contribution in [3.63, 3.8) is 0 Å². The molecule has 1 rings (SSSR count). The first-order valence-electron chi connectivity index (χ1n) is 5.32. The molecule has 0 radical (unpaired) electrons. The molecule has 2 nitrogen and oxygen atoms in total. The summed E-state index contributed by atoms with van der Waals surface area (Å²) in [6.45, 7) is 2.11. The SMILES string of the molecule is CCC(CS(=O)Cc1ccccc1)NC. The highest BCUT2D eigenvalue weighted by molar-refractivity contribution is 7.84. The summed E-state index contributed by atoms with van der Waals surface area (Å²) in [7, 11) is 1.16.